The second-order valence-corrected chi connectivity index (χ2v) is 8.97. The average Bonchev–Trinajstić information content (AvgIpc) is 2.83. The van der Waals surface area contributed by atoms with Crippen LogP contribution in [0.2, 0.25) is 0 Å². The highest BCUT2D eigenvalue weighted by atomic mass is 19.1. The van der Waals surface area contributed by atoms with E-state index >= 15 is 4.39 Å². The molecule has 0 spiro atoms. The Hall–Kier alpha value is -1.53. The second kappa shape index (κ2) is 5.04. The third-order valence-electron chi connectivity index (χ3n) is 8.15. The van der Waals surface area contributed by atoms with Crippen LogP contribution in [-0.4, -0.2) is 44.4 Å². The van der Waals surface area contributed by atoms with Gasteiger partial charge in [0.05, 0.1) is 6.10 Å². The van der Waals surface area contributed by atoms with E-state index in [1.807, 2.05) is 0 Å². The highest BCUT2D eigenvalue weighted by Crippen LogP contribution is 2.69. The fourth-order valence-electron chi connectivity index (χ4n) is 6.57. The van der Waals surface area contributed by atoms with Crippen molar-refractivity contribution in [3.05, 3.63) is 23.8 Å². The Morgan fingerprint density at radius 2 is 1.96 bits per heavy atom. The fraction of sp³-hybridized carbons (Fsp3) is 0.700. The predicted molar refractivity (Wildman–Crippen MR) is 90.9 cm³/mol. The van der Waals surface area contributed by atoms with Gasteiger partial charge in [0, 0.05) is 16.7 Å². The average molecular weight is 364 g/mol. The van der Waals surface area contributed by atoms with E-state index in [2.05, 4.69) is 0 Å². The Morgan fingerprint density at radius 1 is 1.27 bits per heavy atom. The zero-order valence-electron chi connectivity index (χ0n) is 15.0. The van der Waals surface area contributed by atoms with E-state index < -0.39 is 40.1 Å². The summed E-state index contributed by atoms with van der Waals surface area (Å²) in [7, 11) is 0. The number of hydrogen-bond donors (Lipinski definition) is 3. The Bertz CT molecular complexity index is 759. The van der Waals surface area contributed by atoms with Crippen molar-refractivity contribution in [2.45, 2.75) is 63.3 Å². The lowest BCUT2D eigenvalue weighted by atomic mass is 9.45. The van der Waals surface area contributed by atoms with Crippen LogP contribution in [0.15, 0.2) is 23.8 Å². The van der Waals surface area contributed by atoms with Gasteiger partial charge in [-0.1, -0.05) is 18.6 Å². The van der Waals surface area contributed by atoms with Crippen LogP contribution in [0.4, 0.5) is 4.39 Å². The van der Waals surface area contributed by atoms with Gasteiger partial charge in [0.15, 0.2) is 17.1 Å². The minimum atomic E-state index is -1.98. The van der Waals surface area contributed by atoms with Gasteiger partial charge in [-0.05, 0) is 57.1 Å². The summed E-state index contributed by atoms with van der Waals surface area (Å²) < 4.78 is 16.6. The molecule has 0 heterocycles. The molecule has 0 aliphatic heterocycles. The minimum absolute atomic E-state index is 0.0660. The van der Waals surface area contributed by atoms with Gasteiger partial charge >= 0.3 is 5.97 Å². The highest BCUT2D eigenvalue weighted by Gasteiger charge is 2.74. The predicted octanol–water partition coefficient (Wildman–Crippen LogP) is 2.17. The van der Waals surface area contributed by atoms with E-state index in [0.717, 1.165) is 0 Å². The number of carboxylic acids is 1. The molecular weight excluding hydrogens is 339 g/mol. The molecule has 142 valence electrons. The molecule has 6 heteroatoms. The first-order valence-electron chi connectivity index (χ1n) is 9.28. The molecule has 26 heavy (non-hydrogen) atoms. The molecule has 3 fully saturated rings. The second-order valence-electron chi connectivity index (χ2n) is 8.97. The third-order valence-corrected chi connectivity index (χ3v) is 8.15. The van der Waals surface area contributed by atoms with Gasteiger partial charge in [-0.25, -0.2) is 9.18 Å². The summed E-state index contributed by atoms with van der Waals surface area (Å²) in [6.45, 7) is 3.40. The SMILES string of the molecule is C[C@]12C=CC(=O)C=C1CC[C@H]1[C@@H]3CCC(O)(C(=O)O)[C@@]3(C)CC(O)C12F. The molecule has 0 aromatic rings. The molecule has 5 nitrogen and oxygen atoms in total. The topological polar surface area (TPSA) is 94.8 Å². The Kier molecular flexibility index (Phi) is 3.47. The van der Waals surface area contributed by atoms with Crippen molar-refractivity contribution in [2.75, 3.05) is 0 Å². The summed E-state index contributed by atoms with van der Waals surface area (Å²) in [6, 6.07) is 0. The smallest absolute Gasteiger partial charge is 0.336 e. The molecule has 4 aliphatic carbocycles. The van der Waals surface area contributed by atoms with Crippen molar-refractivity contribution < 1.29 is 29.3 Å². The van der Waals surface area contributed by atoms with Gasteiger partial charge in [0.1, 0.15) is 0 Å². The lowest BCUT2D eigenvalue weighted by molar-refractivity contribution is -0.222. The van der Waals surface area contributed by atoms with Crippen LogP contribution in [0.5, 0.6) is 0 Å². The molecule has 0 amide bonds. The molecule has 3 saturated carbocycles. The van der Waals surface area contributed by atoms with Crippen LogP contribution in [-0.2, 0) is 9.59 Å². The van der Waals surface area contributed by atoms with E-state index in [-0.39, 0.29) is 24.5 Å². The van der Waals surface area contributed by atoms with Gasteiger partial charge < -0.3 is 15.3 Å². The molecular formula is C20H25FO5. The molecule has 3 N–H and O–H groups in total. The summed E-state index contributed by atoms with van der Waals surface area (Å²) >= 11 is 0. The zero-order chi connectivity index (χ0) is 19.1. The van der Waals surface area contributed by atoms with Crippen molar-refractivity contribution in [2.24, 2.45) is 22.7 Å². The number of aliphatic hydroxyl groups is 2. The Morgan fingerprint density at radius 3 is 2.62 bits per heavy atom. The molecule has 0 aromatic heterocycles. The molecule has 7 atom stereocenters. The minimum Gasteiger partial charge on any atom is -0.479 e. The van der Waals surface area contributed by atoms with E-state index in [1.165, 1.54) is 12.2 Å². The van der Waals surface area contributed by atoms with Gasteiger partial charge in [0.2, 0.25) is 0 Å². The summed E-state index contributed by atoms with van der Waals surface area (Å²) in [5.74, 6) is -2.37. The summed E-state index contributed by atoms with van der Waals surface area (Å²) in [4.78, 5) is 23.5. The zero-order valence-corrected chi connectivity index (χ0v) is 15.0. The van der Waals surface area contributed by atoms with Crippen molar-refractivity contribution in [1.29, 1.82) is 0 Å². The highest BCUT2D eigenvalue weighted by molar-refractivity contribution is 6.01. The maximum absolute atomic E-state index is 16.6. The normalized spacial score (nSPS) is 52.7. The Labute approximate surface area is 151 Å². The first-order valence-corrected chi connectivity index (χ1v) is 9.28. The number of rotatable bonds is 1. The number of hydrogen-bond acceptors (Lipinski definition) is 4. The van der Waals surface area contributed by atoms with Crippen LogP contribution in [0.25, 0.3) is 0 Å². The first kappa shape index (κ1) is 17.9. The molecule has 3 unspecified atom stereocenters. The first-order chi connectivity index (χ1) is 12.0. The van der Waals surface area contributed by atoms with E-state index in [1.54, 1.807) is 19.9 Å². The number of allylic oxidation sites excluding steroid dienone is 4. The number of carbonyl (C=O) groups is 2. The molecule has 0 bridgehead atoms. The van der Waals surface area contributed by atoms with Gasteiger partial charge in [-0.3, -0.25) is 4.79 Å². The number of carbonyl (C=O) groups excluding carboxylic acids is 1. The van der Waals surface area contributed by atoms with Crippen molar-refractivity contribution in [1.82, 2.24) is 0 Å². The molecule has 0 saturated heterocycles. The number of carboxylic acid groups (broad SMARTS) is 1. The lowest BCUT2D eigenvalue weighted by Gasteiger charge is -2.62. The quantitative estimate of drug-likeness (QED) is 0.663. The van der Waals surface area contributed by atoms with Crippen molar-refractivity contribution in [3.63, 3.8) is 0 Å². The van der Waals surface area contributed by atoms with Crippen molar-refractivity contribution in [3.8, 4) is 0 Å². The summed E-state index contributed by atoms with van der Waals surface area (Å²) in [5.41, 5.74) is -5.41. The van der Waals surface area contributed by atoms with E-state index in [0.29, 0.717) is 24.8 Å². The standard InChI is InChI=1S/C20H25FO5/c1-17-7-5-12(22)9-11(17)3-4-14-13-6-8-19(26,16(24)25)18(13,2)10-15(23)20(14,17)21/h5,7,9,13-15,23,26H,3-4,6,8,10H2,1-2H3,(H,24,25)/t13-,14-,15?,17-,18-,19?,20?/m0/s1. The van der Waals surface area contributed by atoms with Crippen LogP contribution in [0.1, 0.15) is 46.0 Å². The van der Waals surface area contributed by atoms with Crippen LogP contribution < -0.4 is 0 Å². The number of ketones is 1. The third kappa shape index (κ3) is 1.77. The van der Waals surface area contributed by atoms with Crippen LogP contribution >= 0.6 is 0 Å². The number of aliphatic carboxylic acids is 1. The summed E-state index contributed by atoms with van der Waals surface area (Å²) in [6.07, 6.45) is 4.33. The van der Waals surface area contributed by atoms with Crippen LogP contribution in [0.3, 0.4) is 0 Å². The van der Waals surface area contributed by atoms with E-state index in [4.69, 9.17) is 0 Å². The lowest BCUT2D eigenvalue weighted by Crippen LogP contribution is -2.69. The molecule has 0 aromatic carbocycles. The molecule has 0 radical (unpaired) electrons. The fourth-order valence-corrected chi connectivity index (χ4v) is 6.57. The molecule has 4 rings (SSSR count). The largest absolute Gasteiger partial charge is 0.479 e. The number of fused-ring (bicyclic) bond motifs is 5. The monoisotopic (exact) mass is 364 g/mol. The van der Waals surface area contributed by atoms with Gasteiger partial charge in [0.25, 0.3) is 0 Å². The Balaban J connectivity index is 1.83. The van der Waals surface area contributed by atoms with Gasteiger partial charge in [-0.15, -0.1) is 0 Å². The number of aliphatic hydroxyl groups excluding tert-OH is 1. The maximum atomic E-state index is 16.6. The van der Waals surface area contributed by atoms with Gasteiger partial charge in [-0.2, -0.15) is 0 Å². The number of alkyl halides is 1. The maximum Gasteiger partial charge on any atom is 0.336 e. The molecule has 4 aliphatic rings. The summed E-state index contributed by atoms with van der Waals surface area (Å²) in [5, 5.41) is 31.4. The van der Waals surface area contributed by atoms with Crippen molar-refractivity contribution >= 4 is 11.8 Å². The van der Waals surface area contributed by atoms with E-state index in [9.17, 15) is 24.9 Å². The van der Waals surface area contributed by atoms with Crippen LogP contribution in [0, 0.1) is 22.7 Å². The number of halogens is 1.